The van der Waals surface area contributed by atoms with Crippen LogP contribution >= 0.6 is 11.3 Å². The van der Waals surface area contributed by atoms with Crippen LogP contribution in [0.1, 0.15) is 0 Å². The van der Waals surface area contributed by atoms with Gasteiger partial charge in [-0.05, 0) is 65.7 Å². The van der Waals surface area contributed by atoms with Crippen LogP contribution in [0.25, 0.3) is 92.7 Å². The van der Waals surface area contributed by atoms with Gasteiger partial charge in [-0.2, -0.15) is 0 Å². The minimum Gasteiger partial charge on any atom is -0.309 e. The van der Waals surface area contributed by atoms with Gasteiger partial charge in [0.1, 0.15) is 0 Å². The van der Waals surface area contributed by atoms with Crippen LogP contribution < -0.4 is 0 Å². The first-order valence-corrected chi connectivity index (χ1v) is 17.6. The first-order valence-electron chi connectivity index (χ1n) is 16.8. The molecule has 0 unspecified atom stereocenters. The third-order valence-electron chi connectivity index (χ3n) is 9.61. The summed E-state index contributed by atoms with van der Waals surface area (Å²) in [7, 11) is 0. The number of rotatable bonds is 5. The average Bonchev–Trinajstić information content (AvgIpc) is 3.73. The number of aromatic nitrogens is 3. The van der Waals surface area contributed by atoms with Crippen molar-refractivity contribution in [2.75, 3.05) is 0 Å². The SMILES string of the molecule is c1ccc(-c2cccc(-c3nc(-c4ccc5c(c4)sc4ccccc45)cc(-c4ccc5c(c4)c4ccccc4n5-c4ccccc4)n3)c2)cc1. The Morgan fingerprint density at radius 1 is 0.360 bits per heavy atom. The summed E-state index contributed by atoms with van der Waals surface area (Å²) >= 11 is 1.83. The number of para-hydroxylation sites is 2. The van der Waals surface area contributed by atoms with Gasteiger partial charge < -0.3 is 4.57 Å². The lowest BCUT2D eigenvalue weighted by atomic mass is 10.0. The molecule has 4 heteroatoms. The highest BCUT2D eigenvalue weighted by molar-refractivity contribution is 7.25. The summed E-state index contributed by atoms with van der Waals surface area (Å²) < 4.78 is 4.90. The first-order chi connectivity index (χ1) is 24.8. The zero-order chi connectivity index (χ0) is 33.0. The van der Waals surface area contributed by atoms with Gasteiger partial charge in [0.25, 0.3) is 0 Å². The highest BCUT2D eigenvalue weighted by Gasteiger charge is 2.16. The number of fused-ring (bicyclic) bond motifs is 6. The van der Waals surface area contributed by atoms with Gasteiger partial charge in [0.05, 0.1) is 22.4 Å². The molecule has 3 heterocycles. The molecule has 0 atom stereocenters. The van der Waals surface area contributed by atoms with Crippen LogP contribution in [-0.4, -0.2) is 14.5 Å². The second kappa shape index (κ2) is 11.7. The highest BCUT2D eigenvalue weighted by Crippen LogP contribution is 2.39. The summed E-state index contributed by atoms with van der Waals surface area (Å²) in [5, 5.41) is 4.98. The summed E-state index contributed by atoms with van der Waals surface area (Å²) in [4.78, 5) is 10.5. The second-order valence-electron chi connectivity index (χ2n) is 12.6. The Morgan fingerprint density at radius 2 is 0.980 bits per heavy atom. The van der Waals surface area contributed by atoms with E-state index in [2.05, 4.69) is 174 Å². The van der Waals surface area contributed by atoms with Crippen molar-refractivity contribution in [3.63, 3.8) is 0 Å². The summed E-state index contributed by atoms with van der Waals surface area (Å²) in [5.74, 6) is 0.707. The molecule has 0 saturated carbocycles. The molecule has 0 amide bonds. The Kier molecular flexibility index (Phi) is 6.68. The fraction of sp³-hybridized carbons (Fsp3) is 0. The maximum Gasteiger partial charge on any atom is 0.160 e. The van der Waals surface area contributed by atoms with E-state index in [1.165, 1.54) is 47.5 Å². The lowest BCUT2D eigenvalue weighted by Crippen LogP contribution is -1.96. The Labute approximate surface area is 293 Å². The number of benzene rings is 7. The Balaban J connectivity index is 1.18. The van der Waals surface area contributed by atoms with Gasteiger partial charge in [-0.3, -0.25) is 0 Å². The standard InChI is InChI=1S/C46H29N3S/c1-3-12-30(13-4-1)31-14-11-15-34(26-31)46-47-40(29-41(48-46)33-22-24-38-37-19-8-10-21-44(37)50-45(38)28-33)32-23-25-43-39(27-32)36-18-7-9-20-42(36)49(43)35-16-5-2-6-17-35/h1-29H. The van der Waals surface area contributed by atoms with Crippen molar-refractivity contribution in [1.29, 1.82) is 0 Å². The molecule has 234 valence electrons. The summed E-state index contributed by atoms with van der Waals surface area (Å²) in [5.41, 5.74) is 10.7. The fourth-order valence-electron chi connectivity index (χ4n) is 7.21. The van der Waals surface area contributed by atoms with Crippen molar-refractivity contribution in [2.45, 2.75) is 0 Å². The van der Waals surface area contributed by atoms with Crippen LogP contribution in [0.15, 0.2) is 176 Å². The first kappa shape index (κ1) is 28.6. The van der Waals surface area contributed by atoms with E-state index in [0.29, 0.717) is 5.82 Å². The molecule has 0 bridgehead atoms. The Bertz CT molecular complexity index is 2870. The minimum atomic E-state index is 0.707. The molecule has 0 saturated heterocycles. The lowest BCUT2D eigenvalue weighted by Gasteiger charge is -2.11. The second-order valence-corrected chi connectivity index (χ2v) is 13.7. The quantitative estimate of drug-likeness (QED) is 0.185. The van der Waals surface area contributed by atoms with Crippen molar-refractivity contribution in [3.05, 3.63) is 176 Å². The molecule has 0 aliphatic rings. The van der Waals surface area contributed by atoms with Gasteiger partial charge in [0.2, 0.25) is 0 Å². The molecule has 0 N–H and O–H groups in total. The molecule has 0 aliphatic heterocycles. The summed E-state index contributed by atoms with van der Waals surface area (Å²) in [6.07, 6.45) is 0. The van der Waals surface area contributed by atoms with E-state index in [0.717, 1.165) is 39.3 Å². The van der Waals surface area contributed by atoms with Gasteiger partial charge in [-0.1, -0.05) is 121 Å². The molecule has 7 aromatic carbocycles. The van der Waals surface area contributed by atoms with E-state index < -0.39 is 0 Å². The van der Waals surface area contributed by atoms with Crippen LogP contribution in [0.4, 0.5) is 0 Å². The smallest absolute Gasteiger partial charge is 0.160 e. The fourth-order valence-corrected chi connectivity index (χ4v) is 8.36. The summed E-state index contributed by atoms with van der Waals surface area (Å²) in [6, 6.07) is 62.5. The van der Waals surface area contributed by atoms with E-state index in [1.54, 1.807) is 0 Å². The van der Waals surface area contributed by atoms with Crippen molar-refractivity contribution in [1.82, 2.24) is 14.5 Å². The zero-order valence-electron chi connectivity index (χ0n) is 27.0. The summed E-state index contributed by atoms with van der Waals surface area (Å²) in [6.45, 7) is 0. The van der Waals surface area contributed by atoms with Crippen molar-refractivity contribution in [2.24, 2.45) is 0 Å². The van der Waals surface area contributed by atoms with E-state index >= 15 is 0 Å². The van der Waals surface area contributed by atoms with Gasteiger partial charge >= 0.3 is 0 Å². The number of hydrogen-bond donors (Lipinski definition) is 0. The maximum atomic E-state index is 5.27. The molecule has 0 spiro atoms. The lowest BCUT2D eigenvalue weighted by molar-refractivity contribution is 1.18. The van der Waals surface area contributed by atoms with Crippen LogP contribution in [0.2, 0.25) is 0 Å². The molecule has 3 nitrogen and oxygen atoms in total. The molecule has 0 aliphatic carbocycles. The van der Waals surface area contributed by atoms with E-state index in [-0.39, 0.29) is 0 Å². The predicted molar refractivity (Wildman–Crippen MR) is 211 cm³/mol. The third kappa shape index (κ3) is 4.80. The topological polar surface area (TPSA) is 30.7 Å². The van der Waals surface area contributed by atoms with Gasteiger partial charge in [-0.25, -0.2) is 9.97 Å². The van der Waals surface area contributed by atoms with Crippen LogP contribution in [0, 0.1) is 0 Å². The Morgan fingerprint density at radius 3 is 1.82 bits per heavy atom. The van der Waals surface area contributed by atoms with E-state index in [4.69, 9.17) is 9.97 Å². The average molecular weight is 656 g/mol. The molecular weight excluding hydrogens is 627 g/mol. The Hall–Kier alpha value is -6.36. The zero-order valence-corrected chi connectivity index (χ0v) is 27.8. The largest absolute Gasteiger partial charge is 0.309 e. The predicted octanol–water partition coefficient (Wildman–Crippen LogP) is 12.6. The molecule has 10 rings (SSSR count). The minimum absolute atomic E-state index is 0.707. The molecule has 0 radical (unpaired) electrons. The number of hydrogen-bond acceptors (Lipinski definition) is 3. The molecule has 10 aromatic rings. The van der Waals surface area contributed by atoms with Crippen molar-refractivity contribution < 1.29 is 0 Å². The van der Waals surface area contributed by atoms with Crippen molar-refractivity contribution >= 4 is 53.3 Å². The van der Waals surface area contributed by atoms with Gasteiger partial charge in [-0.15, -0.1) is 11.3 Å². The maximum absolute atomic E-state index is 5.27. The van der Waals surface area contributed by atoms with E-state index in [9.17, 15) is 0 Å². The normalized spacial score (nSPS) is 11.6. The third-order valence-corrected chi connectivity index (χ3v) is 10.7. The van der Waals surface area contributed by atoms with Gasteiger partial charge in [0.15, 0.2) is 5.82 Å². The molecular formula is C46H29N3S. The van der Waals surface area contributed by atoms with Crippen LogP contribution in [0.5, 0.6) is 0 Å². The van der Waals surface area contributed by atoms with E-state index in [1.807, 2.05) is 17.4 Å². The molecule has 3 aromatic heterocycles. The van der Waals surface area contributed by atoms with Crippen molar-refractivity contribution in [3.8, 4) is 50.7 Å². The monoisotopic (exact) mass is 655 g/mol. The molecule has 50 heavy (non-hydrogen) atoms. The number of nitrogens with zero attached hydrogens (tertiary/aromatic N) is 3. The van der Waals surface area contributed by atoms with Crippen LogP contribution in [-0.2, 0) is 0 Å². The van der Waals surface area contributed by atoms with Gasteiger partial charge in [0, 0.05) is 53.3 Å². The molecule has 0 fully saturated rings. The number of thiophene rings is 1. The highest BCUT2D eigenvalue weighted by atomic mass is 32.1. The van der Waals surface area contributed by atoms with Crippen LogP contribution in [0.3, 0.4) is 0 Å².